The van der Waals surface area contributed by atoms with Gasteiger partial charge in [-0.2, -0.15) is 5.10 Å². The monoisotopic (exact) mass is 554 g/mol. The molecule has 208 valence electrons. The topological polar surface area (TPSA) is 164 Å². The highest BCUT2D eigenvalue weighted by Gasteiger charge is 2.33. The number of carbonyl (C=O) groups excluding carboxylic acids is 4. The molecule has 2 aliphatic rings. The predicted octanol–water partition coefficient (Wildman–Crippen LogP) is 1.97. The van der Waals surface area contributed by atoms with E-state index < -0.39 is 30.1 Å². The molecule has 0 bridgehead atoms. The lowest BCUT2D eigenvalue weighted by molar-refractivity contribution is -0.122. The maximum Gasteiger partial charge on any atom is 0.270 e. The van der Waals surface area contributed by atoms with Crippen LogP contribution in [-0.4, -0.2) is 55.4 Å². The Morgan fingerprint density at radius 3 is 2.76 bits per heavy atom. The zero-order chi connectivity index (χ0) is 28.8. The smallest absolute Gasteiger partial charge is 0.270 e. The molecule has 0 spiro atoms. The normalized spacial score (nSPS) is 19.1. The standard InChI is InChI=1S/C29H26N6O6/c1-14(36)17-4-5-19-18(10-17)11-23(37)26(19)34-29(40)22-12-21(32-25-7-8-31-35(22)25)28(39)30-13-16-3-6-24-20(9-16)33-27(38)15(2)41-24/h3-10,12,15,23,26,37H,11,13H2,1-2H3,(H,30,39)(H,33,38)(H,34,40)/t15?,23-,26-/m1/s1. The summed E-state index contributed by atoms with van der Waals surface area (Å²) in [5.41, 5.74) is 3.65. The van der Waals surface area contributed by atoms with Gasteiger partial charge in [0.1, 0.15) is 17.1 Å². The molecule has 3 heterocycles. The molecular formula is C29H26N6O6. The van der Waals surface area contributed by atoms with E-state index in [0.717, 1.165) is 16.7 Å². The van der Waals surface area contributed by atoms with Gasteiger partial charge in [-0.3, -0.25) is 19.2 Å². The average Bonchev–Trinajstić information content (AvgIpc) is 3.55. The van der Waals surface area contributed by atoms with E-state index in [2.05, 4.69) is 26.0 Å². The third-order valence-electron chi connectivity index (χ3n) is 7.24. The van der Waals surface area contributed by atoms with Gasteiger partial charge in [0.05, 0.1) is 24.0 Å². The summed E-state index contributed by atoms with van der Waals surface area (Å²) in [6.07, 6.45) is 0.285. The van der Waals surface area contributed by atoms with Gasteiger partial charge in [-0.1, -0.05) is 18.2 Å². The Hall–Kier alpha value is -5.10. The highest BCUT2D eigenvalue weighted by Crippen LogP contribution is 2.33. The Balaban J connectivity index is 1.21. The van der Waals surface area contributed by atoms with E-state index in [4.69, 9.17) is 4.74 Å². The molecule has 2 aromatic heterocycles. The Morgan fingerprint density at radius 1 is 1.12 bits per heavy atom. The van der Waals surface area contributed by atoms with Crippen molar-refractivity contribution in [3.63, 3.8) is 0 Å². The van der Waals surface area contributed by atoms with Gasteiger partial charge in [-0.05, 0) is 48.7 Å². The molecule has 0 saturated carbocycles. The number of nitrogens with zero attached hydrogens (tertiary/aromatic N) is 3. The highest BCUT2D eigenvalue weighted by molar-refractivity contribution is 5.99. The number of anilines is 1. The third-order valence-corrected chi connectivity index (χ3v) is 7.24. The second-order valence-corrected chi connectivity index (χ2v) is 10.1. The summed E-state index contributed by atoms with van der Waals surface area (Å²) >= 11 is 0. The van der Waals surface area contributed by atoms with Crippen molar-refractivity contribution in [2.24, 2.45) is 0 Å². The third kappa shape index (κ3) is 4.89. The summed E-state index contributed by atoms with van der Waals surface area (Å²) in [5, 5.41) is 23.3. The van der Waals surface area contributed by atoms with Crippen molar-refractivity contribution in [1.29, 1.82) is 0 Å². The Kier molecular flexibility index (Phi) is 6.46. The lowest BCUT2D eigenvalue weighted by Gasteiger charge is -2.23. The maximum absolute atomic E-state index is 13.4. The number of hydrogen-bond donors (Lipinski definition) is 4. The molecule has 3 amide bonds. The highest BCUT2D eigenvalue weighted by atomic mass is 16.5. The number of aliphatic hydroxyl groups is 1. The number of amides is 3. The number of aromatic nitrogens is 3. The largest absolute Gasteiger partial charge is 0.479 e. The van der Waals surface area contributed by atoms with Gasteiger partial charge in [-0.25, -0.2) is 9.50 Å². The molecule has 4 N–H and O–H groups in total. The molecule has 41 heavy (non-hydrogen) atoms. The van der Waals surface area contributed by atoms with Gasteiger partial charge >= 0.3 is 0 Å². The van der Waals surface area contributed by atoms with Gasteiger partial charge in [0, 0.05) is 30.7 Å². The van der Waals surface area contributed by atoms with Crippen molar-refractivity contribution < 1.29 is 29.0 Å². The Morgan fingerprint density at radius 2 is 1.95 bits per heavy atom. The van der Waals surface area contributed by atoms with E-state index >= 15 is 0 Å². The van der Waals surface area contributed by atoms with Crippen LogP contribution in [0.5, 0.6) is 5.75 Å². The molecule has 3 atom stereocenters. The minimum absolute atomic E-state index is 0.00467. The van der Waals surface area contributed by atoms with Crippen molar-refractivity contribution in [3.8, 4) is 5.75 Å². The second kappa shape index (κ2) is 10.1. The number of ether oxygens (including phenoxy) is 1. The van der Waals surface area contributed by atoms with E-state index in [-0.39, 0.29) is 29.6 Å². The zero-order valence-corrected chi connectivity index (χ0v) is 22.2. The number of Topliss-reactive ketones (excluding diaryl/α,β-unsaturated/α-hetero) is 1. The molecule has 6 rings (SSSR count). The molecule has 0 fully saturated rings. The van der Waals surface area contributed by atoms with Gasteiger partial charge in [0.25, 0.3) is 17.7 Å². The summed E-state index contributed by atoms with van der Waals surface area (Å²) in [4.78, 5) is 54.6. The number of rotatable bonds is 6. The minimum atomic E-state index is -0.885. The first kappa shape index (κ1) is 26.1. The fraction of sp³-hybridized carbons (Fsp3) is 0.241. The van der Waals surface area contributed by atoms with E-state index in [1.54, 1.807) is 49.4 Å². The first-order valence-electron chi connectivity index (χ1n) is 13.0. The van der Waals surface area contributed by atoms with Crippen molar-refractivity contribution in [3.05, 3.63) is 88.4 Å². The van der Waals surface area contributed by atoms with Crippen LogP contribution in [0.2, 0.25) is 0 Å². The van der Waals surface area contributed by atoms with Crippen LogP contribution in [0, 0.1) is 0 Å². The molecule has 0 radical (unpaired) electrons. The number of nitrogens with one attached hydrogen (secondary N) is 3. The summed E-state index contributed by atoms with van der Waals surface area (Å²) < 4.78 is 6.89. The van der Waals surface area contributed by atoms with E-state index in [9.17, 15) is 24.3 Å². The van der Waals surface area contributed by atoms with Crippen LogP contribution in [0.15, 0.2) is 54.7 Å². The number of fused-ring (bicyclic) bond motifs is 3. The van der Waals surface area contributed by atoms with Gasteiger partial charge in [0.2, 0.25) is 0 Å². The van der Waals surface area contributed by atoms with Crippen molar-refractivity contribution >= 4 is 34.8 Å². The van der Waals surface area contributed by atoms with Gasteiger partial charge in [-0.15, -0.1) is 0 Å². The molecule has 1 unspecified atom stereocenters. The van der Waals surface area contributed by atoms with Crippen molar-refractivity contribution in [2.45, 2.75) is 45.1 Å². The second-order valence-electron chi connectivity index (χ2n) is 10.1. The number of aliphatic hydroxyl groups excluding tert-OH is 1. The van der Waals surface area contributed by atoms with Gasteiger partial charge < -0.3 is 25.8 Å². The number of ketones is 1. The molecule has 2 aromatic carbocycles. The number of hydrogen-bond acceptors (Lipinski definition) is 8. The SMILES string of the molecule is CC(=O)c1ccc2c(c1)C[C@@H](O)[C@@H]2NC(=O)c1cc(C(=O)NCc2ccc3c(c2)NC(=O)C(C)O3)nc2ccnn12. The molecular weight excluding hydrogens is 528 g/mol. The fourth-order valence-electron chi connectivity index (χ4n) is 5.07. The predicted molar refractivity (Wildman–Crippen MR) is 146 cm³/mol. The molecule has 1 aliphatic carbocycles. The van der Waals surface area contributed by atoms with Crippen molar-refractivity contribution in [2.75, 3.05) is 5.32 Å². The summed E-state index contributed by atoms with van der Waals surface area (Å²) in [7, 11) is 0. The Bertz CT molecular complexity index is 1750. The van der Waals surface area contributed by atoms with E-state index in [1.165, 1.54) is 23.7 Å². The van der Waals surface area contributed by atoms with Crippen LogP contribution in [0.25, 0.3) is 5.65 Å². The Labute approximate surface area is 233 Å². The average molecular weight is 555 g/mol. The molecule has 12 heteroatoms. The maximum atomic E-state index is 13.4. The van der Waals surface area contributed by atoms with E-state index in [0.29, 0.717) is 29.1 Å². The molecule has 1 aliphatic heterocycles. The number of carbonyl (C=O) groups is 4. The molecule has 4 aromatic rings. The lowest BCUT2D eigenvalue weighted by Crippen LogP contribution is -2.35. The molecule has 12 nitrogen and oxygen atoms in total. The zero-order valence-electron chi connectivity index (χ0n) is 22.2. The van der Waals surface area contributed by atoms with Crippen LogP contribution >= 0.6 is 0 Å². The molecule has 0 saturated heterocycles. The van der Waals surface area contributed by atoms with E-state index in [1.807, 2.05) is 0 Å². The van der Waals surface area contributed by atoms with Crippen molar-refractivity contribution in [1.82, 2.24) is 25.2 Å². The van der Waals surface area contributed by atoms with Crippen LogP contribution in [-0.2, 0) is 17.8 Å². The summed E-state index contributed by atoms with van der Waals surface area (Å²) in [6, 6.07) is 12.6. The van der Waals surface area contributed by atoms with Crippen LogP contribution < -0.4 is 20.7 Å². The lowest BCUT2D eigenvalue weighted by atomic mass is 10.0. The first-order valence-corrected chi connectivity index (χ1v) is 13.0. The number of benzene rings is 2. The van der Waals surface area contributed by atoms with Crippen LogP contribution in [0.1, 0.15) is 67.9 Å². The van der Waals surface area contributed by atoms with Crippen LogP contribution in [0.4, 0.5) is 5.69 Å². The fourth-order valence-corrected chi connectivity index (χ4v) is 5.07. The summed E-state index contributed by atoms with van der Waals surface area (Å²) in [6.45, 7) is 3.27. The van der Waals surface area contributed by atoms with Crippen LogP contribution in [0.3, 0.4) is 0 Å². The quantitative estimate of drug-likeness (QED) is 0.263. The van der Waals surface area contributed by atoms with Gasteiger partial charge in [0.15, 0.2) is 17.5 Å². The minimum Gasteiger partial charge on any atom is -0.479 e. The first-order chi connectivity index (χ1) is 19.7. The summed E-state index contributed by atoms with van der Waals surface area (Å²) in [5.74, 6) is -0.859.